The number of benzene rings is 9. The van der Waals surface area contributed by atoms with Crippen LogP contribution in [0.2, 0.25) is 0 Å². The topological polar surface area (TPSA) is 52.8 Å². The van der Waals surface area contributed by atoms with E-state index in [-0.39, 0.29) is 10.9 Å². The average molecular weight is 791 g/mol. The Labute approximate surface area is 350 Å². The Kier molecular flexibility index (Phi) is 5.85. The molecule has 15 aromatic rings. The predicted octanol–water partition coefficient (Wildman–Crippen LogP) is 12.9. The molecular weight excluding hydrogens is 761 g/mol. The molecule has 15 rings (SSSR count). The maximum Gasteiger partial charge on any atom is 0.199 e. The zero-order chi connectivity index (χ0) is 40.5. The second kappa shape index (κ2) is 11.2. The lowest BCUT2D eigenvalue weighted by molar-refractivity contribution is 1.19. The Morgan fingerprint density at radius 2 is 0.581 bits per heavy atom. The summed E-state index contributed by atoms with van der Waals surface area (Å²) in [5, 5.41) is 11.5. The predicted molar refractivity (Wildman–Crippen MR) is 257 cm³/mol. The molecule has 0 aliphatic heterocycles. The van der Waals surface area contributed by atoms with E-state index in [2.05, 4.69) is 176 Å². The highest BCUT2D eigenvalue weighted by Crippen LogP contribution is 2.43. The second-order valence-electron chi connectivity index (χ2n) is 16.7. The van der Waals surface area contributed by atoms with Crippen LogP contribution in [0.3, 0.4) is 0 Å². The van der Waals surface area contributed by atoms with E-state index < -0.39 is 0 Å². The summed E-state index contributed by atoms with van der Waals surface area (Å²) in [4.78, 5) is 30.1. The zero-order valence-corrected chi connectivity index (χ0v) is 32.9. The third-order valence-electron chi connectivity index (χ3n) is 13.8. The molecule has 0 radical (unpaired) electrons. The van der Waals surface area contributed by atoms with Crippen molar-refractivity contribution >= 4 is 120 Å². The molecule has 0 atom stereocenters. The first kappa shape index (κ1) is 32.4. The summed E-state index contributed by atoms with van der Waals surface area (Å²) in [5.41, 5.74) is 11.5. The maximum absolute atomic E-state index is 15.1. The first-order valence-electron chi connectivity index (χ1n) is 21.0. The monoisotopic (exact) mass is 790 g/mol. The van der Waals surface area contributed by atoms with E-state index in [0.29, 0.717) is 21.5 Å². The van der Waals surface area contributed by atoms with Crippen molar-refractivity contribution in [1.82, 2.24) is 17.9 Å². The first-order valence-corrected chi connectivity index (χ1v) is 21.0. The van der Waals surface area contributed by atoms with Crippen LogP contribution >= 0.6 is 0 Å². The number of pyridine rings is 2. The summed E-state index contributed by atoms with van der Waals surface area (Å²) < 4.78 is 9.13. The number of hydrogen-bond acceptors (Lipinski definition) is 2. The molecule has 0 unspecified atom stereocenters. The Morgan fingerprint density at radius 3 is 0.984 bits per heavy atom. The van der Waals surface area contributed by atoms with Gasteiger partial charge < -0.3 is 17.9 Å². The molecular formula is C56H30N4O2. The van der Waals surface area contributed by atoms with Crippen LogP contribution < -0.4 is 10.9 Å². The van der Waals surface area contributed by atoms with Gasteiger partial charge >= 0.3 is 0 Å². The van der Waals surface area contributed by atoms with E-state index in [1.807, 2.05) is 24.3 Å². The van der Waals surface area contributed by atoms with Gasteiger partial charge in [0.25, 0.3) is 0 Å². The van der Waals surface area contributed by atoms with Crippen molar-refractivity contribution in [2.24, 2.45) is 0 Å². The third kappa shape index (κ3) is 3.74. The Hall–Kier alpha value is -8.48. The number of hydrogen-bond donors (Lipinski definition) is 0. The van der Waals surface area contributed by atoms with Crippen molar-refractivity contribution < 1.29 is 0 Å². The molecule has 6 nitrogen and oxygen atoms in total. The van der Waals surface area contributed by atoms with Gasteiger partial charge in [-0.05, 0) is 72.8 Å². The van der Waals surface area contributed by atoms with Crippen LogP contribution in [0.15, 0.2) is 192 Å². The third-order valence-corrected chi connectivity index (χ3v) is 13.8. The van der Waals surface area contributed by atoms with E-state index in [1.165, 1.54) is 0 Å². The van der Waals surface area contributed by atoms with Gasteiger partial charge in [-0.15, -0.1) is 0 Å². The smallest absolute Gasteiger partial charge is 0.199 e. The second-order valence-corrected chi connectivity index (χ2v) is 16.7. The summed E-state index contributed by atoms with van der Waals surface area (Å²) >= 11 is 0. The SMILES string of the molecule is O=c1c2cccc3c4cc5c6cccc7c(=O)c8c(-n9c%10ccccc%10c%10ccccc%109)cccc8n(c5cc4n(c4cccc(-n5c8ccccc8c8ccccc85)c14)c23)c76. The molecule has 0 amide bonds. The summed E-state index contributed by atoms with van der Waals surface area (Å²) in [5.74, 6) is 0. The molecule has 0 spiro atoms. The van der Waals surface area contributed by atoms with Gasteiger partial charge in [-0.1, -0.05) is 109 Å². The molecule has 0 bridgehead atoms. The van der Waals surface area contributed by atoms with Gasteiger partial charge in [-0.25, -0.2) is 0 Å². The molecule has 6 heterocycles. The molecule has 0 fully saturated rings. The Balaban J connectivity index is 1.12. The zero-order valence-electron chi connectivity index (χ0n) is 32.9. The van der Waals surface area contributed by atoms with Crippen LogP contribution in [-0.2, 0) is 0 Å². The van der Waals surface area contributed by atoms with Crippen LogP contribution in [0.1, 0.15) is 0 Å². The van der Waals surface area contributed by atoms with Crippen LogP contribution in [-0.4, -0.2) is 17.9 Å². The quantitative estimate of drug-likeness (QED) is 0.164. The van der Waals surface area contributed by atoms with Crippen molar-refractivity contribution in [2.75, 3.05) is 0 Å². The van der Waals surface area contributed by atoms with Crippen molar-refractivity contribution in [2.45, 2.75) is 0 Å². The molecule has 62 heavy (non-hydrogen) atoms. The van der Waals surface area contributed by atoms with Crippen molar-refractivity contribution in [3.05, 3.63) is 202 Å². The van der Waals surface area contributed by atoms with E-state index in [9.17, 15) is 0 Å². The molecule has 0 aliphatic carbocycles. The standard InChI is InChI=1S/C56H30N4O2/c61-55-37-19-9-17-35-39-29-40-36-18-10-20-38-54(36)60(48-28-12-26-46(52(48)56(38)62)58-43-23-7-3-15-33(43)34-16-4-8-24-44(34)58)50(40)30-49(39)59(53(35)37)47-27-11-25-45(51(47)55)57-41-21-5-1-13-31(41)32-14-2-6-22-42(32)57/h1-30H. The van der Waals surface area contributed by atoms with E-state index in [1.54, 1.807) is 0 Å². The van der Waals surface area contributed by atoms with Crippen LogP contribution in [0.25, 0.3) is 131 Å². The summed E-state index contributed by atoms with van der Waals surface area (Å²) in [6, 6.07) is 63.1. The minimum atomic E-state index is 0.0157. The van der Waals surface area contributed by atoms with Crippen LogP contribution in [0, 0.1) is 0 Å². The van der Waals surface area contributed by atoms with Gasteiger partial charge in [0.1, 0.15) is 0 Å². The number of fused-ring (bicyclic) bond motifs is 16. The lowest BCUT2D eigenvalue weighted by Gasteiger charge is -2.14. The average Bonchev–Trinajstić information content (AvgIpc) is 4.04. The fourth-order valence-corrected chi connectivity index (χ4v) is 11.4. The lowest BCUT2D eigenvalue weighted by atomic mass is 10.0. The molecule has 9 aromatic carbocycles. The summed E-state index contributed by atoms with van der Waals surface area (Å²) in [7, 11) is 0. The molecule has 0 saturated heterocycles. The Bertz CT molecular complexity index is 4220. The fourth-order valence-electron chi connectivity index (χ4n) is 11.4. The van der Waals surface area contributed by atoms with Crippen molar-refractivity contribution in [1.29, 1.82) is 0 Å². The van der Waals surface area contributed by atoms with Crippen molar-refractivity contribution in [3.8, 4) is 11.4 Å². The number of aromatic nitrogens is 4. The molecule has 0 N–H and O–H groups in total. The molecule has 6 aromatic heterocycles. The minimum Gasteiger partial charge on any atom is -0.308 e. The molecule has 0 aliphatic rings. The van der Waals surface area contributed by atoms with Crippen LogP contribution in [0.4, 0.5) is 0 Å². The van der Waals surface area contributed by atoms with E-state index in [0.717, 1.165) is 110 Å². The lowest BCUT2D eigenvalue weighted by Crippen LogP contribution is -2.10. The van der Waals surface area contributed by atoms with E-state index in [4.69, 9.17) is 0 Å². The van der Waals surface area contributed by atoms with Gasteiger partial charge in [-0.3, -0.25) is 9.59 Å². The molecule has 0 saturated carbocycles. The number of para-hydroxylation sites is 6. The highest BCUT2D eigenvalue weighted by Gasteiger charge is 2.25. The van der Waals surface area contributed by atoms with Crippen LogP contribution in [0.5, 0.6) is 0 Å². The van der Waals surface area contributed by atoms with Gasteiger partial charge in [0.05, 0.1) is 77.3 Å². The summed E-state index contributed by atoms with van der Waals surface area (Å²) in [6.07, 6.45) is 0. The molecule has 286 valence electrons. The normalized spacial score (nSPS) is 12.6. The first-order chi connectivity index (χ1) is 30.7. The minimum absolute atomic E-state index is 0.0157. The highest BCUT2D eigenvalue weighted by molar-refractivity contribution is 6.25. The van der Waals surface area contributed by atoms with Gasteiger partial charge in [0.15, 0.2) is 10.9 Å². The van der Waals surface area contributed by atoms with Gasteiger partial charge in [0.2, 0.25) is 0 Å². The number of nitrogens with zero attached hydrogens (tertiary/aromatic N) is 4. The molecule has 6 heteroatoms. The number of rotatable bonds is 2. The fraction of sp³-hybridized carbons (Fsp3) is 0. The summed E-state index contributed by atoms with van der Waals surface area (Å²) in [6.45, 7) is 0. The largest absolute Gasteiger partial charge is 0.308 e. The highest BCUT2D eigenvalue weighted by atomic mass is 16.1. The van der Waals surface area contributed by atoms with E-state index >= 15 is 9.59 Å². The maximum atomic E-state index is 15.1. The van der Waals surface area contributed by atoms with Crippen molar-refractivity contribution in [3.63, 3.8) is 0 Å². The Morgan fingerprint density at radius 1 is 0.258 bits per heavy atom. The van der Waals surface area contributed by atoms with Gasteiger partial charge in [0, 0.05) is 53.9 Å². The van der Waals surface area contributed by atoms with Gasteiger partial charge in [-0.2, -0.15) is 0 Å².